The Morgan fingerprint density at radius 2 is 2.55 bits per heavy atom. The van der Waals surface area contributed by atoms with E-state index >= 15 is 0 Å². The van der Waals surface area contributed by atoms with Crippen molar-refractivity contribution in [3.63, 3.8) is 0 Å². The van der Waals surface area contributed by atoms with Crippen molar-refractivity contribution in [1.29, 1.82) is 0 Å². The van der Waals surface area contributed by atoms with Crippen molar-refractivity contribution < 1.29 is 19.4 Å². The molecule has 0 radical (unpaired) electrons. The van der Waals surface area contributed by atoms with E-state index in [-0.39, 0.29) is 11.9 Å². The Morgan fingerprint density at radius 1 is 1.91 bits per heavy atom. The van der Waals surface area contributed by atoms with Crippen LogP contribution in [-0.2, 0) is 14.3 Å². The van der Waals surface area contributed by atoms with Gasteiger partial charge in [-0.3, -0.25) is 0 Å². The molecule has 1 heterocycles. The van der Waals surface area contributed by atoms with Gasteiger partial charge in [-0.15, -0.1) is 0 Å². The molecule has 0 aromatic heterocycles. The number of carbonyl (C=O) groups excluding carboxylic acids is 1. The van der Waals surface area contributed by atoms with Crippen molar-refractivity contribution in [2.24, 2.45) is 0 Å². The summed E-state index contributed by atoms with van der Waals surface area (Å²) in [6.45, 7) is 0.666. The Morgan fingerprint density at radius 3 is 3.00 bits per heavy atom. The highest BCUT2D eigenvalue weighted by molar-refractivity contribution is 5.82. The van der Waals surface area contributed by atoms with Crippen molar-refractivity contribution >= 4 is 5.97 Å². The summed E-state index contributed by atoms with van der Waals surface area (Å²) >= 11 is 0. The third-order valence-corrected chi connectivity index (χ3v) is 1.32. The predicted octanol–water partition coefficient (Wildman–Crippen LogP) is 0.390. The summed E-state index contributed by atoms with van der Waals surface area (Å²) in [4.78, 5) is 10.5. The summed E-state index contributed by atoms with van der Waals surface area (Å²) < 4.78 is 9.15. The Kier molecular flexibility index (Phi) is 2.48. The zero-order valence-electron chi connectivity index (χ0n) is 6.24. The van der Waals surface area contributed by atoms with Gasteiger partial charge in [0.25, 0.3) is 0 Å². The smallest absolute Gasteiger partial charge is 0.333 e. The maximum Gasteiger partial charge on any atom is 0.333 e. The van der Waals surface area contributed by atoms with E-state index in [1.54, 1.807) is 0 Å². The van der Waals surface area contributed by atoms with Crippen LogP contribution in [0.1, 0.15) is 6.42 Å². The average molecular weight is 158 g/mol. The minimum atomic E-state index is -0.539. The molecule has 1 atom stereocenters. The number of aliphatic hydroxyl groups excluding tert-OH is 1. The number of rotatable bonds is 3. The van der Waals surface area contributed by atoms with Gasteiger partial charge in [-0.1, -0.05) is 0 Å². The molecule has 0 amide bonds. The molecule has 0 spiro atoms. The standard InChI is InChI=1S/C7H10O4/c1-10-7(9)3-5(8)2-6-4-11-6/h3,6,8H,2,4H2,1H3. The molecule has 0 aromatic rings. The van der Waals surface area contributed by atoms with E-state index in [4.69, 9.17) is 9.84 Å². The Hall–Kier alpha value is -1.03. The molecule has 1 N–H and O–H groups in total. The third-order valence-electron chi connectivity index (χ3n) is 1.32. The summed E-state index contributed by atoms with van der Waals surface area (Å²) in [5, 5.41) is 9.04. The number of hydrogen-bond donors (Lipinski definition) is 1. The second kappa shape index (κ2) is 3.39. The van der Waals surface area contributed by atoms with E-state index in [9.17, 15) is 4.79 Å². The normalized spacial score (nSPS) is 23.0. The fourth-order valence-corrected chi connectivity index (χ4v) is 0.673. The summed E-state index contributed by atoms with van der Waals surface area (Å²) in [7, 11) is 1.26. The number of hydrogen-bond acceptors (Lipinski definition) is 4. The monoisotopic (exact) mass is 158 g/mol. The Bertz CT molecular complexity index is 181. The molecule has 1 saturated heterocycles. The molecule has 1 aliphatic heterocycles. The molecular formula is C7H10O4. The van der Waals surface area contributed by atoms with Crippen LogP contribution >= 0.6 is 0 Å². The maximum atomic E-state index is 10.5. The number of ether oxygens (including phenoxy) is 2. The van der Waals surface area contributed by atoms with Crippen LogP contribution in [0, 0.1) is 0 Å². The number of esters is 1. The lowest BCUT2D eigenvalue weighted by molar-refractivity contribution is -0.135. The topological polar surface area (TPSA) is 59.1 Å². The van der Waals surface area contributed by atoms with Crippen LogP contribution in [0.5, 0.6) is 0 Å². The lowest BCUT2D eigenvalue weighted by Crippen LogP contribution is -1.98. The van der Waals surface area contributed by atoms with Crippen LogP contribution in [-0.4, -0.2) is 30.9 Å². The SMILES string of the molecule is COC(=O)C=C(O)CC1CO1. The summed E-state index contributed by atoms with van der Waals surface area (Å²) in [5.41, 5.74) is 0. The van der Waals surface area contributed by atoms with Gasteiger partial charge in [-0.2, -0.15) is 0 Å². The van der Waals surface area contributed by atoms with Crippen LogP contribution in [0.4, 0.5) is 0 Å². The maximum absolute atomic E-state index is 10.5. The van der Waals surface area contributed by atoms with Crippen molar-refractivity contribution in [2.75, 3.05) is 13.7 Å². The van der Waals surface area contributed by atoms with E-state index < -0.39 is 5.97 Å². The quantitative estimate of drug-likeness (QED) is 0.279. The van der Waals surface area contributed by atoms with Crippen molar-refractivity contribution in [1.82, 2.24) is 0 Å². The van der Waals surface area contributed by atoms with E-state index in [2.05, 4.69) is 4.74 Å². The summed E-state index contributed by atoms with van der Waals surface area (Å²) in [6.07, 6.45) is 1.55. The van der Waals surface area contributed by atoms with Crippen molar-refractivity contribution in [3.05, 3.63) is 11.8 Å². The highest BCUT2D eigenvalue weighted by atomic mass is 16.6. The summed E-state index contributed by atoms with van der Waals surface area (Å²) in [6, 6.07) is 0. The second-order valence-corrected chi connectivity index (χ2v) is 2.32. The van der Waals surface area contributed by atoms with Crippen LogP contribution < -0.4 is 0 Å². The first kappa shape index (κ1) is 8.07. The van der Waals surface area contributed by atoms with Gasteiger partial charge in [0, 0.05) is 6.42 Å². The largest absolute Gasteiger partial charge is 0.512 e. The van der Waals surface area contributed by atoms with Crippen molar-refractivity contribution in [2.45, 2.75) is 12.5 Å². The third kappa shape index (κ3) is 3.04. The van der Waals surface area contributed by atoms with Crippen LogP contribution in [0.3, 0.4) is 0 Å². The van der Waals surface area contributed by atoms with Gasteiger partial charge in [-0.05, 0) is 0 Å². The predicted molar refractivity (Wildman–Crippen MR) is 37.1 cm³/mol. The van der Waals surface area contributed by atoms with Crippen LogP contribution in [0.15, 0.2) is 11.8 Å². The number of methoxy groups -OCH3 is 1. The fraction of sp³-hybridized carbons (Fsp3) is 0.571. The fourth-order valence-electron chi connectivity index (χ4n) is 0.673. The molecule has 4 heteroatoms. The molecule has 1 fully saturated rings. The molecule has 4 nitrogen and oxygen atoms in total. The number of aliphatic hydroxyl groups is 1. The zero-order valence-corrected chi connectivity index (χ0v) is 6.24. The van der Waals surface area contributed by atoms with Crippen molar-refractivity contribution in [3.8, 4) is 0 Å². The van der Waals surface area contributed by atoms with Crippen LogP contribution in [0.2, 0.25) is 0 Å². The number of carbonyl (C=O) groups is 1. The molecule has 1 unspecified atom stereocenters. The lowest BCUT2D eigenvalue weighted by Gasteiger charge is -1.94. The molecule has 0 bridgehead atoms. The molecule has 1 aliphatic rings. The molecular weight excluding hydrogens is 148 g/mol. The van der Waals surface area contributed by atoms with Crippen LogP contribution in [0.25, 0.3) is 0 Å². The Balaban J connectivity index is 2.30. The molecule has 11 heavy (non-hydrogen) atoms. The summed E-state index contributed by atoms with van der Waals surface area (Å²) in [5.74, 6) is -0.525. The van der Waals surface area contributed by atoms with Gasteiger partial charge in [0.2, 0.25) is 0 Å². The lowest BCUT2D eigenvalue weighted by atomic mass is 10.3. The molecule has 1 rings (SSSR count). The molecule has 62 valence electrons. The van der Waals surface area contributed by atoms with E-state index in [1.165, 1.54) is 7.11 Å². The first-order valence-corrected chi connectivity index (χ1v) is 3.31. The van der Waals surface area contributed by atoms with E-state index in [1.807, 2.05) is 0 Å². The Labute approximate surface area is 64.4 Å². The molecule has 0 saturated carbocycles. The minimum absolute atomic E-state index is 0.0133. The first-order valence-electron chi connectivity index (χ1n) is 3.31. The van der Waals surface area contributed by atoms with Gasteiger partial charge < -0.3 is 14.6 Å². The average Bonchev–Trinajstić information content (AvgIpc) is 2.71. The molecule has 0 aromatic carbocycles. The van der Waals surface area contributed by atoms with E-state index in [0.717, 1.165) is 6.08 Å². The van der Waals surface area contributed by atoms with Gasteiger partial charge in [0.05, 0.1) is 25.9 Å². The number of epoxide rings is 1. The molecule has 0 aliphatic carbocycles. The zero-order chi connectivity index (χ0) is 8.27. The van der Waals surface area contributed by atoms with Gasteiger partial charge in [-0.25, -0.2) is 4.79 Å². The highest BCUT2D eigenvalue weighted by Gasteiger charge is 2.23. The minimum Gasteiger partial charge on any atom is -0.512 e. The van der Waals surface area contributed by atoms with E-state index in [0.29, 0.717) is 13.0 Å². The second-order valence-electron chi connectivity index (χ2n) is 2.32. The van der Waals surface area contributed by atoms with Gasteiger partial charge in [0.15, 0.2) is 0 Å². The van der Waals surface area contributed by atoms with Gasteiger partial charge >= 0.3 is 5.97 Å². The first-order chi connectivity index (χ1) is 5.22. The highest BCUT2D eigenvalue weighted by Crippen LogP contribution is 2.17. The van der Waals surface area contributed by atoms with Gasteiger partial charge in [0.1, 0.15) is 5.76 Å².